The third-order valence-corrected chi connectivity index (χ3v) is 5.35. The molecule has 2 atom stereocenters. The Hall–Kier alpha value is -1.39. The van der Waals surface area contributed by atoms with E-state index in [9.17, 15) is 4.79 Å². The van der Waals surface area contributed by atoms with E-state index in [0.29, 0.717) is 11.9 Å². The second kappa shape index (κ2) is 14.6. The van der Waals surface area contributed by atoms with Gasteiger partial charge in [0.1, 0.15) is 6.54 Å². The Morgan fingerprint density at radius 3 is 2.47 bits per heavy atom. The molecule has 1 amide bonds. The Balaban J connectivity index is 0.00000450. The van der Waals surface area contributed by atoms with E-state index in [4.69, 9.17) is 4.74 Å². The Labute approximate surface area is 198 Å². The van der Waals surface area contributed by atoms with Crippen LogP contribution in [0.2, 0.25) is 0 Å². The fraction of sp³-hybridized carbons (Fsp3) is 0.636. The number of likely N-dealkylation sites (N-methyl/N-ethyl adjacent to an activating group) is 2. The fourth-order valence-electron chi connectivity index (χ4n) is 3.44. The minimum Gasteiger partial charge on any atom is -0.381 e. The van der Waals surface area contributed by atoms with Crippen LogP contribution in [0.1, 0.15) is 31.9 Å². The number of carbonyl (C=O) groups is 1. The molecule has 0 spiro atoms. The molecule has 7 nitrogen and oxygen atoms in total. The van der Waals surface area contributed by atoms with Crippen LogP contribution < -0.4 is 10.6 Å². The highest BCUT2D eigenvalue weighted by Crippen LogP contribution is 2.19. The number of halogens is 1. The topological polar surface area (TPSA) is 69.2 Å². The van der Waals surface area contributed by atoms with Crippen LogP contribution >= 0.6 is 24.0 Å². The molecule has 1 aliphatic heterocycles. The lowest BCUT2D eigenvalue weighted by molar-refractivity contribution is -0.127. The summed E-state index contributed by atoms with van der Waals surface area (Å²) >= 11 is 0. The van der Waals surface area contributed by atoms with Crippen molar-refractivity contribution in [1.82, 2.24) is 20.4 Å². The predicted octanol–water partition coefficient (Wildman–Crippen LogP) is 2.35. The first kappa shape index (κ1) is 26.6. The summed E-state index contributed by atoms with van der Waals surface area (Å²) in [5.74, 6) is 1.15. The van der Waals surface area contributed by atoms with E-state index in [2.05, 4.69) is 58.6 Å². The molecular formula is C22H38IN5O2. The normalized spacial score (nSPS) is 17.4. The van der Waals surface area contributed by atoms with Crippen LogP contribution in [0.5, 0.6) is 0 Å². The maximum absolute atomic E-state index is 12.0. The number of aliphatic imine (C=N–C) groups is 1. The minimum atomic E-state index is -0.0151. The SMILES string of the molecule is CCN(CC)C(CNC(=NCC(=O)N(C)C)NCC1CCOC1)c1ccccc1.I. The van der Waals surface area contributed by atoms with Crippen LogP contribution in [0.4, 0.5) is 0 Å². The van der Waals surface area contributed by atoms with Crippen LogP contribution in [0.25, 0.3) is 0 Å². The average Bonchev–Trinajstić information content (AvgIpc) is 3.26. The number of rotatable bonds is 10. The fourth-order valence-corrected chi connectivity index (χ4v) is 3.44. The van der Waals surface area contributed by atoms with Gasteiger partial charge in [-0.15, -0.1) is 24.0 Å². The van der Waals surface area contributed by atoms with E-state index in [1.165, 1.54) is 5.56 Å². The maximum atomic E-state index is 12.0. The van der Waals surface area contributed by atoms with Crippen molar-refractivity contribution in [2.75, 3.05) is 60.0 Å². The van der Waals surface area contributed by atoms with Crippen molar-refractivity contribution in [3.05, 3.63) is 35.9 Å². The number of amides is 1. The standard InChI is InChI=1S/C22H37N5O2.HI/c1-5-27(6-2)20(19-10-8-7-9-11-19)15-24-22(25-16-21(28)26(3)4)23-14-18-12-13-29-17-18;/h7-11,18,20H,5-6,12-17H2,1-4H3,(H2,23,24,25);1H. The zero-order chi connectivity index (χ0) is 21.1. The van der Waals surface area contributed by atoms with Gasteiger partial charge in [-0.25, -0.2) is 4.99 Å². The summed E-state index contributed by atoms with van der Waals surface area (Å²) in [4.78, 5) is 20.5. The lowest BCUT2D eigenvalue weighted by Gasteiger charge is -2.31. The summed E-state index contributed by atoms with van der Waals surface area (Å²) in [6, 6.07) is 10.8. The van der Waals surface area contributed by atoms with Crippen molar-refractivity contribution in [2.24, 2.45) is 10.9 Å². The van der Waals surface area contributed by atoms with Crippen LogP contribution in [-0.2, 0) is 9.53 Å². The summed E-state index contributed by atoms with van der Waals surface area (Å²) in [6.45, 7) is 9.55. The van der Waals surface area contributed by atoms with Gasteiger partial charge < -0.3 is 20.3 Å². The number of hydrogen-bond acceptors (Lipinski definition) is 4. The number of carbonyl (C=O) groups excluding carboxylic acids is 1. The van der Waals surface area contributed by atoms with Gasteiger partial charge in [-0.2, -0.15) is 0 Å². The number of nitrogens with zero attached hydrogens (tertiary/aromatic N) is 3. The van der Waals surface area contributed by atoms with Crippen molar-refractivity contribution in [3.8, 4) is 0 Å². The monoisotopic (exact) mass is 531 g/mol. The summed E-state index contributed by atoms with van der Waals surface area (Å²) in [5.41, 5.74) is 1.27. The molecule has 0 aliphatic carbocycles. The van der Waals surface area contributed by atoms with Gasteiger partial charge in [0, 0.05) is 39.7 Å². The number of guanidine groups is 1. The second-order valence-electron chi connectivity index (χ2n) is 7.59. The highest BCUT2D eigenvalue weighted by molar-refractivity contribution is 14.0. The molecule has 170 valence electrons. The molecule has 0 aromatic heterocycles. The van der Waals surface area contributed by atoms with Crippen LogP contribution in [0, 0.1) is 5.92 Å². The first-order chi connectivity index (χ1) is 14.0. The Bertz CT molecular complexity index is 632. The lowest BCUT2D eigenvalue weighted by Crippen LogP contribution is -2.45. The molecule has 30 heavy (non-hydrogen) atoms. The molecule has 0 bridgehead atoms. The summed E-state index contributed by atoms with van der Waals surface area (Å²) in [7, 11) is 3.50. The van der Waals surface area contributed by atoms with Gasteiger partial charge in [0.15, 0.2) is 5.96 Å². The van der Waals surface area contributed by atoms with Crippen molar-refractivity contribution < 1.29 is 9.53 Å². The van der Waals surface area contributed by atoms with Crippen LogP contribution in [-0.4, -0.2) is 81.7 Å². The van der Waals surface area contributed by atoms with Gasteiger partial charge in [-0.1, -0.05) is 44.2 Å². The van der Waals surface area contributed by atoms with Crippen molar-refractivity contribution in [1.29, 1.82) is 0 Å². The Kier molecular flexibility index (Phi) is 13.0. The summed E-state index contributed by atoms with van der Waals surface area (Å²) < 4.78 is 5.47. The molecule has 8 heteroatoms. The highest BCUT2D eigenvalue weighted by Gasteiger charge is 2.20. The third kappa shape index (κ3) is 8.77. The van der Waals surface area contributed by atoms with Gasteiger partial charge in [0.05, 0.1) is 12.6 Å². The summed E-state index contributed by atoms with van der Waals surface area (Å²) in [5, 5.41) is 6.88. The number of ether oxygens (including phenoxy) is 1. The highest BCUT2D eigenvalue weighted by atomic mass is 127. The lowest BCUT2D eigenvalue weighted by atomic mass is 10.1. The van der Waals surface area contributed by atoms with Gasteiger partial charge in [-0.05, 0) is 25.1 Å². The van der Waals surface area contributed by atoms with E-state index in [0.717, 1.165) is 45.8 Å². The predicted molar refractivity (Wildman–Crippen MR) is 133 cm³/mol. The molecule has 1 fully saturated rings. The van der Waals surface area contributed by atoms with E-state index in [-0.39, 0.29) is 42.5 Å². The van der Waals surface area contributed by atoms with Gasteiger partial charge >= 0.3 is 0 Å². The Morgan fingerprint density at radius 1 is 1.20 bits per heavy atom. The zero-order valence-electron chi connectivity index (χ0n) is 18.8. The second-order valence-corrected chi connectivity index (χ2v) is 7.59. The van der Waals surface area contributed by atoms with Crippen LogP contribution in [0.3, 0.4) is 0 Å². The average molecular weight is 531 g/mol. The van der Waals surface area contributed by atoms with E-state index < -0.39 is 0 Å². The van der Waals surface area contributed by atoms with E-state index in [1.807, 2.05) is 6.07 Å². The van der Waals surface area contributed by atoms with E-state index >= 15 is 0 Å². The van der Waals surface area contributed by atoms with Crippen LogP contribution in [0.15, 0.2) is 35.3 Å². The molecule has 2 N–H and O–H groups in total. The van der Waals surface area contributed by atoms with Crippen molar-refractivity contribution in [2.45, 2.75) is 26.3 Å². The number of benzene rings is 1. The molecule has 1 saturated heterocycles. The first-order valence-electron chi connectivity index (χ1n) is 10.6. The largest absolute Gasteiger partial charge is 0.381 e. The molecule has 1 aromatic carbocycles. The molecule has 1 aromatic rings. The van der Waals surface area contributed by atoms with E-state index in [1.54, 1.807) is 19.0 Å². The third-order valence-electron chi connectivity index (χ3n) is 5.35. The molecule has 2 rings (SSSR count). The zero-order valence-corrected chi connectivity index (χ0v) is 21.1. The van der Waals surface area contributed by atoms with Gasteiger partial charge in [0.2, 0.25) is 5.91 Å². The molecule has 1 aliphatic rings. The summed E-state index contributed by atoms with van der Waals surface area (Å²) in [6.07, 6.45) is 1.06. The molecule has 2 unspecified atom stereocenters. The number of nitrogens with one attached hydrogen (secondary N) is 2. The molecule has 0 radical (unpaired) electrons. The molecule has 1 heterocycles. The Morgan fingerprint density at radius 2 is 1.90 bits per heavy atom. The molecular weight excluding hydrogens is 493 g/mol. The first-order valence-corrected chi connectivity index (χ1v) is 10.6. The number of hydrogen-bond donors (Lipinski definition) is 2. The maximum Gasteiger partial charge on any atom is 0.243 e. The molecule has 0 saturated carbocycles. The quantitative estimate of drug-likeness (QED) is 0.276. The smallest absolute Gasteiger partial charge is 0.243 e. The van der Waals surface area contributed by atoms with Crippen molar-refractivity contribution >= 4 is 35.8 Å². The van der Waals surface area contributed by atoms with Gasteiger partial charge in [0.25, 0.3) is 0 Å². The minimum absolute atomic E-state index is 0. The van der Waals surface area contributed by atoms with Gasteiger partial charge in [-0.3, -0.25) is 9.69 Å². The van der Waals surface area contributed by atoms with Crippen molar-refractivity contribution in [3.63, 3.8) is 0 Å².